The summed E-state index contributed by atoms with van der Waals surface area (Å²) in [5.74, 6) is 0.0660. The van der Waals surface area contributed by atoms with Gasteiger partial charge in [0.1, 0.15) is 5.75 Å². The lowest BCUT2D eigenvalue weighted by Crippen LogP contribution is -2.38. The summed E-state index contributed by atoms with van der Waals surface area (Å²) >= 11 is 6.04. The number of halogens is 1. The Labute approximate surface area is 151 Å². The van der Waals surface area contributed by atoms with Crippen molar-refractivity contribution in [3.8, 4) is 5.75 Å². The summed E-state index contributed by atoms with van der Waals surface area (Å²) in [6.07, 6.45) is 7.62. The van der Waals surface area contributed by atoms with Crippen LogP contribution in [0.2, 0.25) is 5.02 Å². The van der Waals surface area contributed by atoms with E-state index in [2.05, 4.69) is 17.3 Å². The summed E-state index contributed by atoms with van der Waals surface area (Å²) in [7, 11) is 0. The van der Waals surface area contributed by atoms with E-state index in [0.717, 1.165) is 17.9 Å². The molecule has 0 spiro atoms. The number of carbonyl (C=O) groups is 2. The molecule has 1 aromatic rings. The van der Waals surface area contributed by atoms with Crippen molar-refractivity contribution in [1.29, 1.82) is 0 Å². The Balaban J connectivity index is 1.62. The maximum absolute atomic E-state index is 12.7. The lowest BCUT2D eigenvalue weighted by atomic mass is 9.63. The van der Waals surface area contributed by atoms with Crippen LogP contribution in [0.15, 0.2) is 35.5 Å². The number of ether oxygens (including phenoxy) is 1. The second-order valence-electron chi connectivity index (χ2n) is 6.69. The summed E-state index contributed by atoms with van der Waals surface area (Å²) in [6, 6.07) is 5.19. The van der Waals surface area contributed by atoms with Gasteiger partial charge in [-0.3, -0.25) is 9.59 Å². The quantitative estimate of drug-likeness (QED) is 0.471. The first-order chi connectivity index (χ1) is 12.1. The SMILES string of the molecule is CCOc1ccc(Cl)cc1C=NN1C(=O)C2C3C=CC(CC3)C2C1=O. The molecule has 4 unspecified atom stereocenters. The summed E-state index contributed by atoms with van der Waals surface area (Å²) in [5.41, 5.74) is 0.644. The van der Waals surface area contributed by atoms with Gasteiger partial charge < -0.3 is 4.74 Å². The lowest BCUT2D eigenvalue weighted by Gasteiger charge is -2.37. The minimum absolute atomic E-state index is 0.164. The number of rotatable bonds is 4. The molecule has 0 radical (unpaired) electrons. The fourth-order valence-corrected chi connectivity index (χ4v) is 4.38. The van der Waals surface area contributed by atoms with Crippen molar-refractivity contribution < 1.29 is 14.3 Å². The van der Waals surface area contributed by atoms with E-state index in [9.17, 15) is 9.59 Å². The molecule has 1 saturated carbocycles. The molecular formula is C19H19ClN2O3. The fourth-order valence-electron chi connectivity index (χ4n) is 4.20. The summed E-state index contributed by atoms with van der Waals surface area (Å²) in [4.78, 5) is 25.5. The number of amides is 2. The molecule has 2 fully saturated rings. The molecule has 2 bridgehead atoms. The first-order valence-electron chi connectivity index (χ1n) is 8.62. The predicted molar refractivity (Wildman–Crippen MR) is 94.4 cm³/mol. The number of hydrogen-bond acceptors (Lipinski definition) is 4. The molecule has 6 heteroatoms. The number of hydrogen-bond donors (Lipinski definition) is 0. The van der Waals surface area contributed by atoms with Gasteiger partial charge in [-0.1, -0.05) is 23.8 Å². The third-order valence-electron chi connectivity index (χ3n) is 5.32. The summed E-state index contributed by atoms with van der Waals surface area (Å²) in [6.45, 7) is 2.39. The van der Waals surface area contributed by atoms with Crippen molar-refractivity contribution in [3.05, 3.63) is 40.9 Å². The molecule has 130 valence electrons. The molecule has 4 atom stereocenters. The predicted octanol–water partition coefficient (Wildman–Crippen LogP) is 3.27. The Bertz CT molecular complexity index is 757. The highest BCUT2D eigenvalue weighted by atomic mass is 35.5. The topological polar surface area (TPSA) is 59.0 Å². The van der Waals surface area contributed by atoms with E-state index in [0.29, 0.717) is 22.9 Å². The molecule has 3 aliphatic carbocycles. The normalized spacial score (nSPS) is 30.4. The molecule has 0 N–H and O–H groups in total. The number of benzene rings is 1. The Morgan fingerprint density at radius 3 is 2.40 bits per heavy atom. The molecule has 5 rings (SSSR count). The highest BCUT2D eigenvalue weighted by molar-refractivity contribution is 6.30. The zero-order valence-corrected chi connectivity index (χ0v) is 14.6. The number of nitrogens with zero attached hydrogens (tertiary/aromatic N) is 2. The first kappa shape index (κ1) is 16.3. The highest BCUT2D eigenvalue weighted by Crippen LogP contribution is 2.49. The molecule has 5 nitrogen and oxygen atoms in total. The first-order valence-corrected chi connectivity index (χ1v) is 9.00. The van der Waals surface area contributed by atoms with E-state index in [4.69, 9.17) is 16.3 Å². The molecule has 25 heavy (non-hydrogen) atoms. The zero-order chi connectivity index (χ0) is 17.6. The van der Waals surface area contributed by atoms with Gasteiger partial charge in [0.15, 0.2) is 0 Å². The van der Waals surface area contributed by atoms with E-state index in [1.54, 1.807) is 18.2 Å². The van der Waals surface area contributed by atoms with Crippen LogP contribution in [0.3, 0.4) is 0 Å². The monoisotopic (exact) mass is 358 g/mol. The van der Waals surface area contributed by atoms with Crippen molar-refractivity contribution in [3.63, 3.8) is 0 Å². The van der Waals surface area contributed by atoms with E-state index in [1.807, 2.05) is 6.92 Å². The summed E-state index contributed by atoms with van der Waals surface area (Å²) in [5, 5.41) is 5.79. The van der Waals surface area contributed by atoms with Gasteiger partial charge in [-0.05, 0) is 49.8 Å². The van der Waals surface area contributed by atoms with E-state index in [-0.39, 0.29) is 35.5 Å². The van der Waals surface area contributed by atoms with Crippen LogP contribution in [-0.2, 0) is 9.59 Å². The average Bonchev–Trinajstić information content (AvgIpc) is 2.89. The molecule has 4 aliphatic rings. The van der Waals surface area contributed by atoms with Gasteiger partial charge in [-0.2, -0.15) is 10.1 Å². The maximum atomic E-state index is 12.7. The molecule has 1 saturated heterocycles. The molecular weight excluding hydrogens is 340 g/mol. The van der Waals surface area contributed by atoms with Gasteiger partial charge in [0, 0.05) is 10.6 Å². The van der Waals surface area contributed by atoms with Crippen molar-refractivity contribution in [2.24, 2.45) is 28.8 Å². The van der Waals surface area contributed by atoms with Crippen LogP contribution in [0, 0.1) is 23.7 Å². The number of imide groups is 1. The minimum atomic E-state index is -0.251. The van der Waals surface area contributed by atoms with Crippen LogP contribution < -0.4 is 4.74 Å². The third kappa shape index (κ3) is 2.67. The Morgan fingerprint density at radius 1 is 1.20 bits per heavy atom. The van der Waals surface area contributed by atoms with Gasteiger partial charge in [0.2, 0.25) is 0 Å². The number of carbonyl (C=O) groups excluding carboxylic acids is 2. The van der Waals surface area contributed by atoms with Crippen LogP contribution in [-0.4, -0.2) is 29.6 Å². The molecule has 0 aromatic heterocycles. The molecule has 2 amide bonds. The third-order valence-corrected chi connectivity index (χ3v) is 5.56. The molecule has 1 aromatic carbocycles. The van der Waals surface area contributed by atoms with E-state index < -0.39 is 0 Å². The Morgan fingerprint density at radius 2 is 1.84 bits per heavy atom. The largest absolute Gasteiger partial charge is 0.493 e. The van der Waals surface area contributed by atoms with Crippen LogP contribution >= 0.6 is 11.6 Å². The standard InChI is InChI=1S/C19H19ClN2O3/c1-2-25-15-8-7-14(20)9-13(15)10-21-22-18(23)16-11-3-4-12(6-5-11)17(16)19(22)24/h3-4,7-12,16-17H,2,5-6H2,1H3. The molecule has 1 aliphatic heterocycles. The second kappa shape index (κ2) is 6.30. The van der Waals surface area contributed by atoms with Gasteiger partial charge in [-0.25, -0.2) is 0 Å². The Kier molecular flexibility index (Phi) is 4.12. The maximum Gasteiger partial charge on any atom is 0.254 e. The van der Waals surface area contributed by atoms with Crippen LogP contribution in [0.4, 0.5) is 0 Å². The van der Waals surface area contributed by atoms with Gasteiger partial charge in [0.05, 0.1) is 24.7 Å². The average molecular weight is 359 g/mol. The second-order valence-corrected chi connectivity index (χ2v) is 7.13. The highest BCUT2D eigenvalue weighted by Gasteiger charge is 2.56. The number of allylic oxidation sites excluding steroid dienone is 2. The van der Waals surface area contributed by atoms with Crippen molar-refractivity contribution >= 4 is 29.6 Å². The zero-order valence-electron chi connectivity index (χ0n) is 13.9. The van der Waals surface area contributed by atoms with Crippen molar-refractivity contribution in [2.75, 3.05) is 6.61 Å². The van der Waals surface area contributed by atoms with E-state index in [1.165, 1.54) is 6.21 Å². The van der Waals surface area contributed by atoms with Crippen LogP contribution in [0.25, 0.3) is 0 Å². The summed E-state index contributed by atoms with van der Waals surface area (Å²) < 4.78 is 5.55. The van der Waals surface area contributed by atoms with Gasteiger partial charge >= 0.3 is 0 Å². The lowest BCUT2D eigenvalue weighted by molar-refractivity contribution is -0.140. The van der Waals surface area contributed by atoms with Crippen LogP contribution in [0.1, 0.15) is 25.3 Å². The number of hydrazone groups is 1. The van der Waals surface area contributed by atoms with Gasteiger partial charge in [0.25, 0.3) is 11.8 Å². The number of fused-ring (bicyclic) bond motifs is 1. The minimum Gasteiger partial charge on any atom is -0.493 e. The van der Waals surface area contributed by atoms with Gasteiger partial charge in [-0.15, -0.1) is 0 Å². The Hall–Kier alpha value is -2.14. The van der Waals surface area contributed by atoms with Crippen LogP contribution in [0.5, 0.6) is 5.75 Å². The fraction of sp³-hybridized carbons (Fsp3) is 0.421. The molecule has 1 heterocycles. The van der Waals surface area contributed by atoms with Crippen molar-refractivity contribution in [2.45, 2.75) is 19.8 Å². The van der Waals surface area contributed by atoms with E-state index >= 15 is 0 Å². The van der Waals surface area contributed by atoms with Crippen molar-refractivity contribution in [1.82, 2.24) is 5.01 Å². The smallest absolute Gasteiger partial charge is 0.254 e.